The zero-order valence-electron chi connectivity index (χ0n) is 18.7. The first-order chi connectivity index (χ1) is 16.4. The molecule has 0 spiro atoms. The second kappa shape index (κ2) is 8.88. The average molecular weight is 469 g/mol. The highest BCUT2D eigenvalue weighted by Crippen LogP contribution is 2.40. The SMILES string of the molecule is CS(=O)(=O)c1ccc(C(=O)Nc2cccc(-c3ccccn3)c2)c(-c2ccc(C3CC3)cc2)c1. The van der Waals surface area contributed by atoms with Crippen molar-refractivity contribution in [2.24, 2.45) is 0 Å². The predicted molar refractivity (Wildman–Crippen MR) is 135 cm³/mol. The maximum absolute atomic E-state index is 13.3. The number of sulfone groups is 1. The minimum absolute atomic E-state index is 0.183. The number of rotatable bonds is 6. The summed E-state index contributed by atoms with van der Waals surface area (Å²) in [5.74, 6) is 0.310. The van der Waals surface area contributed by atoms with Crippen LogP contribution in [0.4, 0.5) is 5.69 Å². The summed E-state index contributed by atoms with van der Waals surface area (Å²) >= 11 is 0. The lowest BCUT2D eigenvalue weighted by atomic mass is 9.97. The number of hydrogen-bond donors (Lipinski definition) is 1. The van der Waals surface area contributed by atoms with E-state index in [1.165, 1.54) is 30.7 Å². The van der Waals surface area contributed by atoms with Crippen LogP contribution in [0, 0.1) is 0 Å². The van der Waals surface area contributed by atoms with Crippen molar-refractivity contribution in [3.8, 4) is 22.4 Å². The summed E-state index contributed by atoms with van der Waals surface area (Å²) in [6.45, 7) is 0. The van der Waals surface area contributed by atoms with Crippen molar-refractivity contribution in [3.05, 3.63) is 102 Å². The molecule has 6 heteroatoms. The Morgan fingerprint density at radius 3 is 2.35 bits per heavy atom. The second-order valence-electron chi connectivity index (χ2n) is 8.63. The van der Waals surface area contributed by atoms with Gasteiger partial charge in [0.25, 0.3) is 5.91 Å². The van der Waals surface area contributed by atoms with Crippen molar-refractivity contribution in [2.75, 3.05) is 11.6 Å². The molecule has 0 bridgehead atoms. The summed E-state index contributed by atoms with van der Waals surface area (Å²) in [6, 6.07) is 25.9. The highest BCUT2D eigenvalue weighted by molar-refractivity contribution is 7.90. The zero-order valence-corrected chi connectivity index (χ0v) is 19.5. The molecule has 1 saturated carbocycles. The van der Waals surface area contributed by atoms with Gasteiger partial charge >= 0.3 is 0 Å². The summed E-state index contributed by atoms with van der Waals surface area (Å²) < 4.78 is 24.4. The number of amides is 1. The molecule has 3 aromatic carbocycles. The molecule has 1 aliphatic rings. The molecular weight excluding hydrogens is 444 g/mol. The van der Waals surface area contributed by atoms with Gasteiger partial charge in [0.2, 0.25) is 0 Å². The Morgan fingerprint density at radius 1 is 0.882 bits per heavy atom. The Labute approximate surface area is 199 Å². The van der Waals surface area contributed by atoms with Gasteiger partial charge < -0.3 is 5.32 Å². The Hall–Kier alpha value is -3.77. The van der Waals surface area contributed by atoms with E-state index in [0.29, 0.717) is 22.7 Å². The molecule has 1 N–H and O–H groups in total. The number of nitrogens with zero attached hydrogens (tertiary/aromatic N) is 1. The van der Waals surface area contributed by atoms with Gasteiger partial charge in [-0.2, -0.15) is 0 Å². The van der Waals surface area contributed by atoms with E-state index in [2.05, 4.69) is 22.4 Å². The van der Waals surface area contributed by atoms with Crippen LogP contribution in [0.3, 0.4) is 0 Å². The predicted octanol–water partition coefficient (Wildman–Crippen LogP) is 5.95. The van der Waals surface area contributed by atoms with Crippen molar-refractivity contribution in [1.82, 2.24) is 4.98 Å². The molecule has 0 saturated heterocycles. The first kappa shape index (κ1) is 22.0. The minimum atomic E-state index is -3.42. The fraction of sp³-hybridized carbons (Fsp3) is 0.143. The average Bonchev–Trinajstić information content (AvgIpc) is 3.70. The lowest BCUT2D eigenvalue weighted by Gasteiger charge is -2.13. The first-order valence-corrected chi connectivity index (χ1v) is 13.0. The summed E-state index contributed by atoms with van der Waals surface area (Å²) in [4.78, 5) is 17.9. The van der Waals surface area contributed by atoms with Crippen molar-refractivity contribution in [3.63, 3.8) is 0 Å². The molecule has 0 aliphatic heterocycles. The van der Waals surface area contributed by atoms with Gasteiger partial charge in [-0.3, -0.25) is 9.78 Å². The molecule has 1 aromatic heterocycles. The molecule has 4 aromatic rings. The van der Waals surface area contributed by atoms with Crippen molar-refractivity contribution < 1.29 is 13.2 Å². The van der Waals surface area contributed by atoms with Gasteiger partial charge in [0.1, 0.15) is 0 Å². The Kier molecular flexibility index (Phi) is 5.75. The molecule has 5 nitrogen and oxygen atoms in total. The second-order valence-corrected chi connectivity index (χ2v) is 10.6. The van der Waals surface area contributed by atoms with Crippen LogP contribution in [0.15, 0.2) is 96.0 Å². The van der Waals surface area contributed by atoms with Crippen LogP contribution < -0.4 is 5.32 Å². The normalized spacial score (nSPS) is 13.4. The summed E-state index contributed by atoms with van der Waals surface area (Å²) in [6.07, 6.45) is 5.30. The lowest BCUT2D eigenvalue weighted by molar-refractivity contribution is 0.102. The van der Waals surface area contributed by atoms with Gasteiger partial charge in [-0.1, -0.05) is 42.5 Å². The van der Waals surface area contributed by atoms with Gasteiger partial charge in [0.15, 0.2) is 9.84 Å². The number of hydrogen-bond acceptors (Lipinski definition) is 4. The van der Waals surface area contributed by atoms with Crippen molar-refractivity contribution >= 4 is 21.4 Å². The number of pyridine rings is 1. The van der Waals surface area contributed by atoms with E-state index < -0.39 is 9.84 Å². The number of nitrogens with one attached hydrogen (secondary N) is 1. The third-order valence-corrected chi connectivity index (χ3v) is 7.13. The van der Waals surface area contributed by atoms with Crippen LogP contribution in [0.1, 0.15) is 34.7 Å². The maximum atomic E-state index is 13.3. The van der Waals surface area contributed by atoms with E-state index in [0.717, 1.165) is 16.8 Å². The Morgan fingerprint density at radius 2 is 1.68 bits per heavy atom. The smallest absolute Gasteiger partial charge is 0.256 e. The molecule has 1 aliphatic carbocycles. The summed E-state index contributed by atoms with van der Waals surface area (Å²) in [7, 11) is -3.42. The standard InChI is InChI=1S/C28H24N2O3S/c1-34(32,33)24-14-15-25(26(18-24)21-12-10-20(11-13-21)19-8-9-19)28(31)30-23-6-4-5-22(17-23)27-7-2-3-16-29-27/h2-7,10-19H,8-9H2,1H3,(H,30,31). The van der Waals surface area contributed by atoms with Crippen LogP contribution in [0.25, 0.3) is 22.4 Å². The fourth-order valence-corrected chi connectivity index (χ4v) is 4.68. The first-order valence-electron chi connectivity index (χ1n) is 11.2. The number of anilines is 1. The van der Waals surface area contributed by atoms with Crippen LogP contribution in [0.5, 0.6) is 0 Å². The summed E-state index contributed by atoms with van der Waals surface area (Å²) in [5, 5.41) is 2.96. The van der Waals surface area contributed by atoms with Gasteiger partial charge in [-0.25, -0.2) is 8.42 Å². The molecule has 0 atom stereocenters. The van der Waals surface area contributed by atoms with E-state index in [4.69, 9.17) is 0 Å². The van der Waals surface area contributed by atoms with E-state index in [9.17, 15) is 13.2 Å². The lowest BCUT2D eigenvalue weighted by Crippen LogP contribution is -2.14. The molecule has 34 heavy (non-hydrogen) atoms. The third-order valence-electron chi connectivity index (χ3n) is 6.02. The third kappa shape index (κ3) is 4.77. The van der Waals surface area contributed by atoms with E-state index >= 15 is 0 Å². The zero-order chi connectivity index (χ0) is 23.7. The van der Waals surface area contributed by atoms with Crippen molar-refractivity contribution in [1.29, 1.82) is 0 Å². The monoisotopic (exact) mass is 468 g/mol. The molecule has 1 fully saturated rings. The van der Waals surface area contributed by atoms with E-state index in [-0.39, 0.29) is 10.8 Å². The topological polar surface area (TPSA) is 76.1 Å². The number of carbonyl (C=O) groups excluding carboxylic acids is 1. The van der Waals surface area contributed by atoms with Gasteiger partial charge in [0.05, 0.1) is 10.6 Å². The van der Waals surface area contributed by atoms with E-state index in [1.54, 1.807) is 18.3 Å². The molecule has 0 radical (unpaired) electrons. The maximum Gasteiger partial charge on any atom is 0.256 e. The van der Waals surface area contributed by atoms with Crippen LogP contribution >= 0.6 is 0 Å². The molecule has 1 amide bonds. The van der Waals surface area contributed by atoms with Gasteiger partial charge in [-0.05, 0) is 77.9 Å². The Bertz CT molecular complexity index is 1460. The number of carbonyl (C=O) groups is 1. The van der Waals surface area contributed by atoms with Crippen LogP contribution in [-0.4, -0.2) is 25.6 Å². The highest BCUT2D eigenvalue weighted by Gasteiger charge is 2.23. The molecule has 5 rings (SSSR count). The van der Waals surface area contributed by atoms with Crippen LogP contribution in [0.2, 0.25) is 0 Å². The van der Waals surface area contributed by atoms with Crippen LogP contribution in [-0.2, 0) is 9.84 Å². The Balaban J connectivity index is 1.49. The fourth-order valence-electron chi connectivity index (χ4n) is 4.03. The number of aromatic nitrogens is 1. The van der Waals surface area contributed by atoms with Gasteiger partial charge in [-0.15, -0.1) is 0 Å². The molecular formula is C28H24N2O3S. The molecule has 0 unspecified atom stereocenters. The molecule has 170 valence electrons. The largest absolute Gasteiger partial charge is 0.322 e. The van der Waals surface area contributed by atoms with Crippen molar-refractivity contribution in [2.45, 2.75) is 23.7 Å². The van der Waals surface area contributed by atoms with E-state index in [1.807, 2.05) is 54.6 Å². The minimum Gasteiger partial charge on any atom is -0.322 e. The van der Waals surface area contributed by atoms with Gasteiger partial charge in [0, 0.05) is 29.3 Å². The highest BCUT2D eigenvalue weighted by atomic mass is 32.2. The summed E-state index contributed by atoms with van der Waals surface area (Å²) in [5.41, 5.74) is 5.42. The quantitative estimate of drug-likeness (QED) is 0.379. The molecule has 1 heterocycles. The number of benzene rings is 3.